The molecule has 1 nitrogen and oxygen atoms in total. The Morgan fingerprint density at radius 3 is 2.38 bits per heavy atom. The van der Waals surface area contributed by atoms with Crippen molar-refractivity contribution in [3.8, 4) is 0 Å². The van der Waals surface area contributed by atoms with Gasteiger partial charge in [-0.3, -0.25) is 0 Å². The van der Waals surface area contributed by atoms with Crippen LogP contribution in [0.4, 0.5) is 0 Å². The molecule has 0 aliphatic heterocycles. The van der Waals surface area contributed by atoms with Crippen LogP contribution >= 0.6 is 0 Å². The summed E-state index contributed by atoms with van der Waals surface area (Å²) < 4.78 is 0. The molecule has 2 N–H and O–H groups in total. The Balaban J connectivity index is 2.47. The first-order valence-electron chi connectivity index (χ1n) is 6.54. The van der Waals surface area contributed by atoms with E-state index in [9.17, 15) is 0 Å². The largest absolute Gasteiger partial charge is 0.325 e. The fraction of sp³-hybridized carbons (Fsp3) is 0.733. The van der Waals surface area contributed by atoms with E-state index in [4.69, 9.17) is 5.73 Å². The van der Waals surface area contributed by atoms with Gasteiger partial charge >= 0.3 is 0 Å². The summed E-state index contributed by atoms with van der Waals surface area (Å²) in [7, 11) is 0. The second-order valence-corrected chi connectivity index (χ2v) is 5.97. The molecule has 0 bridgehead atoms. The summed E-state index contributed by atoms with van der Waals surface area (Å²) in [4.78, 5) is 0. The molecule has 0 aromatic rings. The maximum absolute atomic E-state index is 6.15. The van der Waals surface area contributed by atoms with Gasteiger partial charge in [-0.25, -0.2) is 0 Å². The van der Waals surface area contributed by atoms with E-state index in [0.29, 0.717) is 5.92 Å². The standard InChI is InChI=1S/C15H27N/c1-12(2)6-5-7-13(3)14-8-10-15(4,16)11-9-14/h5-7,12,14H,8-11,16H2,1-4H3/b6-5+,13-7+. The van der Waals surface area contributed by atoms with Gasteiger partial charge in [0.2, 0.25) is 0 Å². The van der Waals surface area contributed by atoms with Gasteiger partial charge in [0.25, 0.3) is 0 Å². The Kier molecular flexibility index (Phi) is 4.79. The van der Waals surface area contributed by atoms with Crippen LogP contribution in [0.2, 0.25) is 0 Å². The second kappa shape index (κ2) is 5.67. The first kappa shape index (κ1) is 13.5. The van der Waals surface area contributed by atoms with Crippen molar-refractivity contribution in [2.24, 2.45) is 17.6 Å². The van der Waals surface area contributed by atoms with Gasteiger partial charge in [-0.05, 0) is 51.4 Å². The second-order valence-electron chi connectivity index (χ2n) is 5.97. The van der Waals surface area contributed by atoms with Crippen molar-refractivity contribution in [1.29, 1.82) is 0 Å². The Labute approximate surface area is 101 Å². The van der Waals surface area contributed by atoms with Gasteiger partial charge in [0.1, 0.15) is 0 Å². The summed E-state index contributed by atoms with van der Waals surface area (Å²) in [6.45, 7) is 8.86. The first-order valence-corrected chi connectivity index (χ1v) is 6.54. The minimum atomic E-state index is 0.0878. The Bertz CT molecular complexity index is 261. The summed E-state index contributed by atoms with van der Waals surface area (Å²) in [5, 5.41) is 0. The molecule has 0 heterocycles. The summed E-state index contributed by atoms with van der Waals surface area (Å²) in [5.41, 5.74) is 7.76. The van der Waals surface area contributed by atoms with Crippen LogP contribution in [-0.2, 0) is 0 Å². The first-order chi connectivity index (χ1) is 7.41. The molecule has 16 heavy (non-hydrogen) atoms. The van der Waals surface area contributed by atoms with E-state index >= 15 is 0 Å². The quantitative estimate of drug-likeness (QED) is 0.715. The number of hydrogen-bond donors (Lipinski definition) is 1. The smallest absolute Gasteiger partial charge is 0.0126 e. The van der Waals surface area contributed by atoms with Crippen LogP contribution in [-0.4, -0.2) is 5.54 Å². The number of nitrogens with two attached hydrogens (primary N) is 1. The molecule has 0 radical (unpaired) electrons. The van der Waals surface area contributed by atoms with E-state index < -0.39 is 0 Å². The van der Waals surface area contributed by atoms with Gasteiger partial charge in [0.05, 0.1) is 0 Å². The number of hydrogen-bond acceptors (Lipinski definition) is 1. The molecule has 1 aliphatic carbocycles. The Morgan fingerprint density at radius 2 is 1.88 bits per heavy atom. The van der Waals surface area contributed by atoms with Crippen molar-refractivity contribution in [3.63, 3.8) is 0 Å². The van der Waals surface area contributed by atoms with Gasteiger partial charge < -0.3 is 5.73 Å². The monoisotopic (exact) mass is 221 g/mol. The van der Waals surface area contributed by atoms with Crippen LogP contribution in [0.1, 0.15) is 53.4 Å². The summed E-state index contributed by atoms with van der Waals surface area (Å²) in [6, 6.07) is 0. The molecule has 1 saturated carbocycles. The average Bonchev–Trinajstić information content (AvgIpc) is 2.16. The molecule has 1 rings (SSSR count). The molecule has 1 aliphatic rings. The molecule has 0 aromatic carbocycles. The SMILES string of the molecule is C/C(=C\C=C\C(C)C)C1CCC(C)(N)CC1. The number of allylic oxidation sites excluding steroid dienone is 4. The third-order valence-electron chi connectivity index (χ3n) is 3.63. The van der Waals surface area contributed by atoms with Gasteiger partial charge in [-0.15, -0.1) is 0 Å². The molecule has 0 atom stereocenters. The van der Waals surface area contributed by atoms with Crippen LogP contribution in [0.15, 0.2) is 23.8 Å². The van der Waals surface area contributed by atoms with Crippen LogP contribution in [0.3, 0.4) is 0 Å². The maximum Gasteiger partial charge on any atom is 0.0126 e. The third-order valence-corrected chi connectivity index (χ3v) is 3.63. The highest BCUT2D eigenvalue weighted by atomic mass is 14.7. The van der Waals surface area contributed by atoms with Crippen LogP contribution < -0.4 is 5.73 Å². The van der Waals surface area contributed by atoms with Gasteiger partial charge in [0.15, 0.2) is 0 Å². The molecule has 0 amide bonds. The zero-order chi connectivity index (χ0) is 12.2. The van der Waals surface area contributed by atoms with E-state index in [1.165, 1.54) is 18.4 Å². The lowest BCUT2D eigenvalue weighted by Crippen LogP contribution is -2.40. The molecule has 0 saturated heterocycles. The predicted molar refractivity (Wildman–Crippen MR) is 72.3 cm³/mol. The van der Waals surface area contributed by atoms with Gasteiger partial charge in [-0.1, -0.05) is 37.6 Å². The van der Waals surface area contributed by atoms with Crippen molar-refractivity contribution < 1.29 is 0 Å². The lowest BCUT2D eigenvalue weighted by atomic mass is 9.76. The topological polar surface area (TPSA) is 26.0 Å². The summed E-state index contributed by atoms with van der Waals surface area (Å²) in [6.07, 6.45) is 11.6. The average molecular weight is 221 g/mol. The van der Waals surface area contributed by atoms with Gasteiger partial charge in [-0.2, -0.15) is 0 Å². The normalized spacial score (nSPS) is 32.6. The van der Waals surface area contributed by atoms with Crippen LogP contribution in [0.25, 0.3) is 0 Å². The third kappa shape index (κ3) is 4.52. The van der Waals surface area contributed by atoms with E-state index in [1.54, 1.807) is 0 Å². The highest BCUT2D eigenvalue weighted by Gasteiger charge is 2.27. The number of rotatable bonds is 3. The highest BCUT2D eigenvalue weighted by molar-refractivity contribution is 5.14. The molecule has 1 heteroatoms. The zero-order valence-corrected chi connectivity index (χ0v) is 11.3. The van der Waals surface area contributed by atoms with E-state index in [-0.39, 0.29) is 5.54 Å². The minimum Gasteiger partial charge on any atom is -0.325 e. The van der Waals surface area contributed by atoms with E-state index in [1.807, 2.05) is 0 Å². The molecule has 0 unspecified atom stereocenters. The lowest BCUT2D eigenvalue weighted by Gasteiger charge is -2.34. The molecule has 0 spiro atoms. The fourth-order valence-electron chi connectivity index (χ4n) is 2.30. The minimum absolute atomic E-state index is 0.0878. The zero-order valence-electron chi connectivity index (χ0n) is 11.3. The maximum atomic E-state index is 6.15. The van der Waals surface area contributed by atoms with E-state index in [0.717, 1.165) is 18.8 Å². The van der Waals surface area contributed by atoms with Crippen molar-refractivity contribution >= 4 is 0 Å². The van der Waals surface area contributed by atoms with Crippen molar-refractivity contribution in [2.45, 2.75) is 58.9 Å². The molecule has 0 aromatic heterocycles. The van der Waals surface area contributed by atoms with Crippen molar-refractivity contribution in [1.82, 2.24) is 0 Å². The summed E-state index contributed by atoms with van der Waals surface area (Å²) >= 11 is 0. The van der Waals surface area contributed by atoms with Crippen LogP contribution in [0, 0.1) is 11.8 Å². The lowest BCUT2D eigenvalue weighted by molar-refractivity contribution is 0.274. The van der Waals surface area contributed by atoms with Gasteiger partial charge in [0, 0.05) is 5.54 Å². The molecular formula is C15H27N. The summed E-state index contributed by atoms with van der Waals surface area (Å²) in [5.74, 6) is 1.40. The molecule has 92 valence electrons. The van der Waals surface area contributed by atoms with Crippen molar-refractivity contribution in [2.75, 3.05) is 0 Å². The Morgan fingerprint density at radius 1 is 1.31 bits per heavy atom. The van der Waals surface area contributed by atoms with Crippen molar-refractivity contribution in [3.05, 3.63) is 23.8 Å². The highest BCUT2D eigenvalue weighted by Crippen LogP contribution is 2.33. The van der Waals surface area contributed by atoms with E-state index in [2.05, 4.69) is 45.9 Å². The fourth-order valence-corrected chi connectivity index (χ4v) is 2.30. The molecule has 1 fully saturated rings. The van der Waals surface area contributed by atoms with Crippen LogP contribution in [0.5, 0.6) is 0 Å². The predicted octanol–water partition coefficient (Wildman–Crippen LogP) is 4.05. The molecular weight excluding hydrogens is 194 g/mol. The Hall–Kier alpha value is -0.560.